The Morgan fingerprint density at radius 1 is 0.372 bits per heavy atom. The summed E-state index contributed by atoms with van der Waals surface area (Å²) in [6.07, 6.45) is 7.93. The van der Waals surface area contributed by atoms with Gasteiger partial charge in [0.25, 0.3) is 0 Å². The van der Waals surface area contributed by atoms with Gasteiger partial charge in [-0.3, -0.25) is 20.0 Å². The van der Waals surface area contributed by atoms with E-state index >= 15 is 0 Å². The number of rotatable bonds is 12. The zero-order chi connectivity index (χ0) is 29.8. The number of hydrogen-bond donors (Lipinski definition) is 0. The fourth-order valence-electron chi connectivity index (χ4n) is 3.51. The summed E-state index contributed by atoms with van der Waals surface area (Å²) in [7, 11) is 0. The minimum Gasteiger partial charge on any atom is -0.872 e. The third-order valence-corrected chi connectivity index (χ3v) is 5.75. The summed E-state index contributed by atoms with van der Waals surface area (Å²) in [5.74, 6) is -0.0877. The van der Waals surface area contributed by atoms with Crippen LogP contribution in [0.3, 0.4) is 0 Å². The van der Waals surface area contributed by atoms with E-state index in [2.05, 4.69) is 20.0 Å². The molecule has 0 saturated carbocycles. The van der Waals surface area contributed by atoms with Gasteiger partial charge >= 0.3 is 41.7 Å². The minimum absolute atomic E-state index is 0. The Labute approximate surface area is 286 Å². The van der Waals surface area contributed by atoms with Crippen LogP contribution >= 0.6 is 0 Å². The van der Waals surface area contributed by atoms with Gasteiger partial charge in [0.05, 0.1) is 0 Å². The van der Waals surface area contributed by atoms with Crippen molar-refractivity contribution < 1.29 is 62.2 Å². The molecule has 0 spiro atoms. The second-order valence-corrected chi connectivity index (χ2v) is 9.00. The molecule has 0 bridgehead atoms. The molecule has 0 aliphatic carbocycles. The minimum atomic E-state index is -0.0219. The normalized spacial score (nSPS) is 11.2. The van der Waals surface area contributed by atoms with Crippen LogP contribution in [0.25, 0.3) is 0 Å². The SMILES string of the molecule is [Ce+4].[O-]c1ccccc1C=NCCCN=Cc1ccccc1[O-].[O-]c1ccccc1C=NCCCN=Cc1ccccc1[O-]. The van der Waals surface area contributed by atoms with E-state index in [1.807, 2.05) is 24.3 Å². The molecule has 4 aromatic rings. The number of hydrogen-bond acceptors (Lipinski definition) is 8. The summed E-state index contributed by atoms with van der Waals surface area (Å²) in [5, 5.41) is 45.7. The van der Waals surface area contributed by atoms with Crippen LogP contribution in [0.2, 0.25) is 0 Å². The summed E-state index contributed by atoms with van der Waals surface area (Å²) >= 11 is 0. The molecule has 0 N–H and O–H groups in total. The van der Waals surface area contributed by atoms with Crippen LogP contribution in [0, 0.1) is 41.7 Å². The van der Waals surface area contributed by atoms with Crippen molar-refractivity contribution in [2.24, 2.45) is 20.0 Å². The first kappa shape index (κ1) is 35.3. The van der Waals surface area contributed by atoms with Gasteiger partial charge in [-0.1, -0.05) is 97.1 Å². The van der Waals surface area contributed by atoms with Crippen molar-refractivity contribution in [1.29, 1.82) is 0 Å². The van der Waals surface area contributed by atoms with Crippen molar-refractivity contribution in [3.63, 3.8) is 0 Å². The maximum Gasteiger partial charge on any atom is 4.00 e. The fraction of sp³-hybridized carbons (Fsp3) is 0.176. The molecule has 0 aromatic heterocycles. The quantitative estimate of drug-likeness (QED) is 0.165. The van der Waals surface area contributed by atoms with Crippen LogP contribution in [0.4, 0.5) is 0 Å². The molecule has 0 saturated heterocycles. The van der Waals surface area contributed by atoms with Gasteiger partial charge in [-0.15, -0.1) is 23.0 Å². The van der Waals surface area contributed by atoms with Crippen molar-refractivity contribution in [3.8, 4) is 23.0 Å². The average molecular weight is 701 g/mol. The van der Waals surface area contributed by atoms with Crippen molar-refractivity contribution in [2.75, 3.05) is 26.2 Å². The molecule has 216 valence electrons. The van der Waals surface area contributed by atoms with E-state index in [1.54, 1.807) is 73.4 Å². The van der Waals surface area contributed by atoms with Gasteiger partial charge in [0, 0.05) is 51.0 Å². The summed E-state index contributed by atoms with van der Waals surface area (Å²) in [4.78, 5) is 16.8. The topological polar surface area (TPSA) is 142 Å². The molecule has 0 fully saturated rings. The average Bonchev–Trinajstić information content (AvgIpc) is 3.00. The van der Waals surface area contributed by atoms with Crippen molar-refractivity contribution in [2.45, 2.75) is 12.8 Å². The summed E-state index contributed by atoms with van der Waals surface area (Å²) in [5.41, 5.74) is 2.39. The van der Waals surface area contributed by atoms with E-state index in [-0.39, 0.29) is 64.7 Å². The first-order valence-electron chi connectivity index (χ1n) is 13.6. The Kier molecular flexibility index (Phi) is 17.2. The van der Waals surface area contributed by atoms with E-state index in [4.69, 9.17) is 0 Å². The van der Waals surface area contributed by atoms with E-state index in [1.165, 1.54) is 24.3 Å². The Bertz CT molecular complexity index is 1280. The first-order chi connectivity index (χ1) is 20.5. The number of benzene rings is 4. The Morgan fingerprint density at radius 2 is 0.581 bits per heavy atom. The molecule has 0 atom stereocenters. The second-order valence-electron chi connectivity index (χ2n) is 9.00. The molecule has 0 aliphatic rings. The predicted octanol–water partition coefficient (Wildman–Crippen LogP) is 3.52. The van der Waals surface area contributed by atoms with Gasteiger partial charge in [0.15, 0.2) is 0 Å². The van der Waals surface area contributed by atoms with Crippen LogP contribution in [0.15, 0.2) is 117 Å². The van der Waals surface area contributed by atoms with E-state index < -0.39 is 0 Å². The molecular formula is C34H32CeN4O4. The molecule has 0 aliphatic heterocycles. The summed E-state index contributed by atoms with van der Waals surface area (Å²) < 4.78 is 0. The predicted molar refractivity (Wildman–Crippen MR) is 163 cm³/mol. The molecule has 4 rings (SSSR count). The molecule has 9 heteroatoms. The number of para-hydroxylation sites is 4. The van der Waals surface area contributed by atoms with E-state index in [0.29, 0.717) is 48.4 Å². The Balaban J connectivity index is 0.000000293. The van der Waals surface area contributed by atoms with E-state index in [9.17, 15) is 20.4 Å². The third kappa shape index (κ3) is 13.8. The summed E-state index contributed by atoms with van der Waals surface area (Å²) in [6, 6.07) is 27.2. The van der Waals surface area contributed by atoms with Crippen molar-refractivity contribution >= 4 is 24.9 Å². The number of nitrogens with zero attached hydrogens (tertiary/aromatic N) is 4. The molecule has 0 heterocycles. The zero-order valence-corrected chi connectivity index (χ0v) is 26.9. The Hall–Kier alpha value is -3.86. The third-order valence-electron chi connectivity index (χ3n) is 5.75. The van der Waals surface area contributed by atoms with Gasteiger partial charge in [0.2, 0.25) is 0 Å². The fourth-order valence-corrected chi connectivity index (χ4v) is 3.51. The summed E-state index contributed by atoms with van der Waals surface area (Å²) in [6.45, 7) is 2.41. The standard InChI is InChI=1S/2C17H18N2O2.Ce/c2*20-16-8-3-1-6-14(16)12-18-10-5-11-19-13-15-7-2-4-9-17(15)21;/h2*1-4,6-9,12-13,20-21H,5,10-11H2;/q;;+4/p-4. The van der Waals surface area contributed by atoms with Gasteiger partial charge in [-0.25, -0.2) is 0 Å². The molecule has 43 heavy (non-hydrogen) atoms. The second kappa shape index (κ2) is 20.9. The molecule has 0 amide bonds. The maximum atomic E-state index is 11.4. The monoisotopic (exact) mass is 700 g/mol. The van der Waals surface area contributed by atoms with Crippen molar-refractivity contribution in [1.82, 2.24) is 0 Å². The van der Waals surface area contributed by atoms with Crippen LogP contribution < -0.4 is 20.4 Å². The molecular weight excluding hydrogens is 669 g/mol. The first-order valence-corrected chi connectivity index (χ1v) is 13.6. The van der Waals surface area contributed by atoms with Gasteiger partial charge < -0.3 is 20.4 Å². The molecule has 8 nitrogen and oxygen atoms in total. The van der Waals surface area contributed by atoms with E-state index in [0.717, 1.165) is 12.8 Å². The van der Waals surface area contributed by atoms with Crippen LogP contribution in [-0.2, 0) is 0 Å². The van der Waals surface area contributed by atoms with Gasteiger partial charge in [-0.2, -0.15) is 0 Å². The maximum absolute atomic E-state index is 11.4. The molecule has 0 radical (unpaired) electrons. The molecule has 4 aromatic carbocycles. The van der Waals surface area contributed by atoms with Crippen LogP contribution in [0.1, 0.15) is 35.1 Å². The van der Waals surface area contributed by atoms with Crippen molar-refractivity contribution in [3.05, 3.63) is 119 Å². The van der Waals surface area contributed by atoms with Gasteiger partial charge in [-0.05, 0) is 35.1 Å². The van der Waals surface area contributed by atoms with Crippen LogP contribution in [0.5, 0.6) is 23.0 Å². The smallest absolute Gasteiger partial charge is 0.872 e. The largest absolute Gasteiger partial charge is 4.00 e. The Morgan fingerprint density at radius 3 is 0.791 bits per heavy atom. The van der Waals surface area contributed by atoms with Gasteiger partial charge in [0.1, 0.15) is 0 Å². The van der Waals surface area contributed by atoms with Crippen LogP contribution in [-0.4, -0.2) is 51.0 Å². The number of aliphatic imine (C=N–C) groups is 4. The zero-order valence-electron chi connectivity index (χ0n) is 23.7. The molecule has 0 unspecified atom stereocenters.